The van der Waals surface area contributed by atoms with Crippen molar-refractivity contribution in [1.29, 1.82) is 0 Å². The summed E-state index contributed by atoms with van der Waals surface area (Å²) in [5.74, 6) is -1.08. The van der Waals surface area contributed by atoms with Gasteiger partial charge in [0.1, 0.15) is 17.2 Å². The summed E-state index contributed by atoms with van der Waals surface area (Å²) in [6.45, 7) is -0.0146. The fourth-order valence-corrected chi connectivity index (χ4v) is 3.55. The van der Waals surface area contributed by atoms with E-state index in [2.05, 4.69) is 14.8 Å². The molecule has 0 aliphatic heterocycles. The van der Waals surface area contributed by atoms with Gasteiger partial charge in [-0.1, -0.05) is 30.3 Å². The molecule has 0 fully saturated rings. The Kier molecular flexibility index (Phi) is 4.96. The van der Waals surface area contributed by atoms with E-state index in [9.17, 15) is 14.4 Å². The minimum Gasteiger partial charge on any atom is -0.465 e. The lowest BCUT2D eigenvalue weighted by Gasteiger charge is -2.01. The number of aromatic nitrogens is 3. The summed E-state index contributed by atoms with van der Waals surface area (Å²) in [4.78, 5) is 41.1. The lowest BCUT2D eigenvalue weighted by Crippen LogP contribution is -2.15. The van der Waals surface area contributed by atoms with Crippen LogP contribution in [-0.4, -0.2) is 33.6 Å². The number of benzene rings is 1. The van der Waals surface area contributed by atoms with E-state index in [0.717, 1.165) is 5.56 Å². The fourth-order valence-electron chi connectivity index (χ4n) is 2.74. The van der Waals surface area contributed by atoms with Gasteiger partial charge in [0.2, 0.25) is 0 Å². The number of carbonyl (C=O) groups is 2. The monoisotopic (exact) mass is 409 g/mol. The summed E-state index contributed by atoms with van der Waals surface area (Å²) in [5, 5.41) is 4.42. The fraction of sp³-hybridized carbons (Fsp3) is 0.100. The Labute approximate surface area is 168 Å². The number of thiophene rings is 1. The molecule has 0 amide bonds. The molecular weight excluding hydrogens is 394 g/mol. The third-order valence-electron chi connectivity index (χ3n) is 4.15. The molecule has 0 bridgehead atoms. The molecule has 1 aromatic carbocycles. The van der Waals surface area contributed by atoms with Crippen molar-refractivity contribution in [3.8, 4) is 11.3 Å². The lowest BCUT2D eigenvalue weighted by molar-refractivity contribution is 0.0465. The molecular formula is C20H15N3O5S. The predicted molar refractivity (Wildman–Crippen MR) is 106 cm³/mol. The second kappa shape index (κ2) is 7.72. The van der Waals surface area contributed by atoms with Crippen molar-refractivity contribution in [2.24, 2.45) is 0 Å². The number of H-pyrrole nitrogens is 1. The molecule has 0 atom stereocenters. The average molecular weight is 409 g/mol. The minimum absolute atomic E-state index is 0.0146. The molecule has 0 spiro atoms. The number of nitrogens with one attached hydrogen (secondary N) is 1. The number of rotatable bonds is 5. The molecule has 0 unspecified atom stereocenters. The number of fused-ring (bicyclic) bond motifs is 1. The van der Waals surface area contributed by atoms with Gasteiger partial charge < -0.3 is 9.47 Å². The normalized spacial score (nSPS) is 10.8. The molecule has 146 valence electrons. The van der Waals surface area contributed by atoms with Crippen LogP contribution < -0.4 is 5.56 Å². The third-order valence-corrected chi connectivity index (χ3v) is 5.11. The number of aromatic amines is 1. The zero-order chi connectivity index (χ0) is 20.4. The average Bonchev–Trinajstić information content (AvgIpc) is 3.39. The number of hydrogen-bond donors (Lipinski definition) is 1. The molecule has 0 aliphatic carbocycles. The van der Waals surface area contributed by atoms with Crippen LogP contribution in [0.1, 0.15) is 25.7 Å². The van der Waals surface area contributed by atoms with Crippen molar-refractivity contribution in [2.45, 2.75) is 6.61 Å². The number of nitrogens with zero attached hydrogens (tertiary/aromatic N) is 2. The molecule has 3 aromatic heterocycles. The molecule has 8 nitrogen and oxygen atoms in total. The van der Waals surface area contributed by atoms with E-state index >= 15 is 0 Å². The molecule has 3 heterocycles. The van der Waals surface area contributed by atoms with Gasteiger partial charge in [-0.3, -0.25) is 9.89 Å². The number of hydrogen-bond acceptors (Lipinski definition) is 7. The Bertz CT molecular complexity index is 1260. The van der Waals surface area contributed by atoms with Gasteiger partial charge in [0, 0.05) is 23.3 Å². The van der Waals surface area contributed by atoms with Crippen LogP contribution >= 0.6 is 11.3 Å². The zero-order valence-corrected chi connectivity index (χ0v) is 16.1. The minimum atomic E-state index is -0.637. The largest absolute Gasteiger partial charge is 0.465 e. The van der Waals surface area contributed by atoms with E-state index in [4.69, 9.17) is 4.74 Å². The van der Waals surface area contributed by atoms with Gasteiger partial charge in [-0.25, -0.2) is 19.1 Å². The van der Waals surface area contributed by atoms with Crippen LogP contribution in [0.3, 0.4) is 0 Å². The Morgan fingerprint density at radius 3 is 2.69 bits per heavy atom. The van der Waals surface area contributed by atoms with Gasteiger partial charge in [-0.15, -0.1) is 11.3 Å². The van der Waals surface area contributed by atoms with Crippen molar-refractivity contribution in [1.82, 2.24) is 14.6 Å². The first-order valence-electron chi connectivity index (χ1n) is 8.56. The van der Waals surface area contributed by atoms with Crippen LogP contribution in [0.25, 0.3) is 16.9 Å². The first-order valence-corrected chi connectivity index (χ1v) is 9.44. The molecule has 4 aromatic rings. The number of ether oxygens (including phenoxy) is 2. The van der Waals surface area contributed by atoms with E-state index in [1.807, 2.05) is 30.3 Å². The molecule has 9 heteroatoms. The Morgan fingerprint density at radius 2 is 1.93 bits per heavy atom. The second-order valence-electron chi connectivity index (χ2n) is 6.10. The molecule has 0 radical (unpaired) electrons. The van der Waals surface area contributed by atoms with Gasteiger partial charge in [-0.2, -0.15) is 0 Å². The molecule has 4 rings (SSSR count). The molecule has 29 heavy (non-hydrogen) atoms. The van der Waals surface area contributed by atoms with Crippen molar-refractivity contribution in [3.63, 3.8) is 0 Å². The Morgan fingerprint density at radius 1 is 1.14 bits per heavy atom. The Hall–Kier alpha value is -3.72. The summed E-state index contributed by atoms with van der Waals surface area (Å²) >= 11 is 1.21. The maximum Gasteiger partial charge on any atom is 0.356 e. The van der Waals surface area contributed by atoms with Gasteiger partial charge in [0.15, 0.2) is 5.65 Å². The van der Waals surface area contributed by atoms with E-state index < -0.39 is 11.9 Å². The van der Waals surface area contributed by atoms with Crippen LogP contribution in [0.5, 0.6) is 0 Å². The summed E-state index contributed by atoms with van der Waals surface area (Å²) in [5.41, 5.74) is 2.06. The highest BCUT2D eigenvalue weighted by Gasteiger charge is 2.15. The van der Waals surface area contributed by atoms with E-state index in [1.54, 1.807) is 11.4 Å². The first kappa shape index (κ1) is 18.6. The quantitative estimate of drug-likeness (QED) is 0.509. The lowest BCUT2D eigenvalue weighted by atomic mass is 10.1. The van der Waals surface area contributed by atoms with Crippen LogP contribution in [0, 0.1) is 0 Å². The van der Waals surface area contributed by atoms with Crippen LogP contribution in [0.15, 0.2) is 58.7 Å². The number of carbonyl (C=O) groups excluding carboxylic acids is 2. The summed E-state index contributed by atoms with van der Waals surface area (Å²) in [7, 11) is 1.30. The van der Waals surface area contributed by atoms with Crippen LogP contribution in [0.4, 0.5) is 0 Å². The first-order chi connectivity index (χ1) is 14.0. The summed E-state index contributed by atoms with van der Waals surface area (Å²) < 4.78 is 11.1. The SMILES string of the molecule is COC(=O)c1cc(COC(=O)c2cc3nc(-c4ccccc4)cc(=O)n3[nH]2)cs1. The van der Waals surface area contributed by atoms with Gasteiger partial charge >= 0.3 is 11.9 Å². The van der Waals surface area contributed by atoms with Crippen molar-refractivity contribution >= 4 is 28.9 Å². The molecule has 1 N–H and O–H groups in total. The van der Waals surface area contributed by atoms with E-state index in [0.29, 0.717) is 21.8 Å². The van der Waals surface area contributed by atoms with E-state index in [-0.39, 0.29) is 17.9 Å². The maximum atomic E-state index is 12.4. The van der Waals surface area contributed by atoms with Crippen molar-refractivity contribution in [2.75, 3.05) is 7.11 Å². The highest BCUT2D eigenvalue weighted by atomic mass is 32.1. The summed E-state index contributed by atoms with van der Waals surface area (Å²) in [6, 6.07) is 13.8. The molecule has 0 saturated carbocycles. The topological polar surface area (TPSA) is 103 Å². The van der Waals surface area contributed by atoms with E-state index in [1.165, 1.54) is 35.1 Å². The predicted octanol–water partition coefficient (Wildman–Crippen LogP) is 2.89. The van der Waals surface area contributed by atoms with Crippen molar-refractivity contribution < 1.29 is 19.1 Å². The third kappa shape index (κ3) is 3.81. The number of methoxy groups -OCH3 is 1. The second-order valence-corrected chi connectivity index (χ2v) is 7.01. The van der Waals surface area contributed by atoms with Gasteiger partial charge in [-0.05, 0) is 11.4 Å². The Balaban J connectivity index is 1.54. The standard InChI is InChI=1S/C20H15N3O5S/c1-27-20(26)16-7-12(11-29-16)10-28-19(25)15-8-17-21-14(9-18(24)23(17)22-15)13-5-3-2-4-6-13/h2-9,11,22H,10H2,1H3. The highest BCUT2D eigenvalue weighted by Crippen LogP contribution is 2.18. The molecule has 0 aliphatic rings. The van der Waals surface area contributed by atoms with Crippen LogP contribution in [-0.2, 0) is 16.1 Å². The number of esters is 2. The van der Waals surface area contributed by atoms with Crippen molar-refractivity contribution in [3.05, 3.63) is 80.4 Å². The zero-order valence-electron chi connectivity index (χ0n) is 15.2. The summed E-state index contributed by atoms with van der Waals surface area (Å²) in [6.07, 6.45) is 0. The highest BCUT2D eigenvalue weighted by molar-refractivity contribution is 7.12. The van der Waals surface area contributed by atoms with Gasteiger partial charge in [0.05, 0.1) is 12.8 Å². The van der Waals surface area contributed by atoms with Gasteiger partial charge in [0.25, 0.3) is 5.56 Å². The smallest absolute Gasteiger partial charge is 0.356 e. The van der Waals surface area contributed by atoms with Crippen LogP contribution in [0.2, 0.25) is 0 Å². The molecule has 0 saturated heterocycles. The maximum absolute atomic E-state index is 12.4.